The van der Waals surface area contributed by atoms with Gasteiger partial charge in [-0.2, -0.15) is 5.10 Å². The fourth-order valence-corrected chi connectivity index (χ4v) is 2.05. The predicted molar refractivity (Wildman–Crippen MR) is 86.5 cm³/mol. The number of nitrogens with one attached hydrogen (secondary N) is 1. The summed E-state index contributed by atoms with van der Waals surface area (Å²) in [5.41, 5.74) is 3.33. The molecule has 0 aromatic heterocycles. The van der Waals surface area contributed by atoms with E-state index in [0.717, 1.165) is 6.21 Å². The van der Waals surface area contributed by atoms with Crippen molar-refractivity contribution in [3.63, 3.8) is 0 Å². The Morgan fingerprint density at radius 1 is 1.18 bits per heavy atom. The van der Waals surface area contributed by atoms with Crippen molar-refractivity contribution in [3.8, 4) is 5.75 Å². The highest BCUT2D eigenvalue weighted by molar-refractivity contribution is 9.10. The van der Waals surface area contributed by atoms with E-state index in [0.29, 0.717) is 10.0 Å². The Bertz CT molecular complexity index is 730. The van der Waals surface area contributed by atoms with E-state index in [9.17, 15) is 9.90 Å². The Balaban J connectivity index is 2.24. The van der Waals surface area contributed by atoms with Crippen molar-refractivity contribution in [1.29, 1.82) is 0 Å². The van der Waals surface area contributed by atoms with E-state index in [1.165, 1.54) is 12.1 Å². The number of rotatable bonds is 4. The van der Waals surface area contributed by atoms with E-state index in [4.69, 9.17) is 5.21 Å². The topological polar surface area (TPSA) is 94.3 Å². The minimum atomic E-state index is -0.585. The summed E-state index contributed by atoms with van der Waals surface area (Å²) in [4.78, 5) is 12.1. The van der Waals surface area contributed by atoms with Crippen LogP contribution in [0.4, 0.5) is 0 Å². The lowest BCUT2D eigenvalue weighted by Crippen LogP contribution is -2.20. The smallest absolute Gasteiger partial charge is 0.275 e. The van der Waals surface area contributed by atoms with Gasteiger partial charge in [-0.15, -0.1) is 0 Å². The van der Waals surface area contributed by atoms with Crippen LogP contribution < -0.4 is 5.43 Å². The van der Waals surface area contributed by atoms with E-state index in [-0.39, 0.29) is 17.0 Å². The third-order valence-corrected chi connectivity index (χ3v) is 3.22. The molecular weight excluding hydrogens is 350 g/mol. The van der Waals surface area contributed by atoms with Crippen LogP contribution in [0.1, 0.15) is 15.9 Å². The Morgan fingerprint density at radius 3 is 2.59 bits per heavy atom. The summed E-state index contributed by atoms with van der Waals surface area (Å²) in [6.45, 7) is 0. The van der Waals surface area contributed by atoms with E-state index < -0.39 is 5.91 Å². The zero-order valence-corrected chi connectivity index (χ0v) is 12.9. The number of hydrogen-bond acceptors (Lipinski definition) is 5. The highest BCUT2D eigenvalue weighted by Crippen LogP contribution is 2.21. The average Bonchev–Trinajstić information content (AvgIpc) is 2.54. The lowest BCUT2D eigenvalue weighted by Gasteiger charge is -2.05. The van der Waals surface area contributed by atoms with Gasteiger partial charge in [0.2, 0.25) is 0 Å². The van der Waals surface area contributed by atoms with Crippen LogP contribution >= 0.6 is 15.9 Å². The minimum Gasteiger partial charge on any atom is -0.507 e. The molecule has 0 spiro atoms. The number of phenols is 1. The number of hydrazone groups is 1. The summed E-state index contributed by atoms with van der Waals surface area (Å²) >= 11 is 3.23. The van der Waals surface area contributed by atoms with E-state index in [1.54, 1.807) is 30.3 Å². The number of carbonyl (C=O) groups is 1. The largest absolute Gasteiger partial charge is 0.507 e. The van der Waals surface area contributed by atoms with Crippen LogP contribution in [-0.2, 0) is 0 Å². The number of phenolic OH excluding ortho intramolecular Hbond substituents is 1. The van der Waals surface area contributed by atoms with E-state index in [2.05, 4.69) is 31.6 Å². The molecule has 22 heavy (non-hydrogen) atoms. The molecule has 1 amide bonds. The van der Waals surface area contributed by atoms with Crippen molar-refractivity contribution in [2.24, 2.45) is 10.3 Å². The molecule has 2 aromatic carbocycles. The van der Waals surface area contributed by atoms with Gasteiger partial charge in [-0.3, -0.25) is 4.79 Å². The fraction of sp³-hybridized carbons (Fsp3) is 0. The number of nitrogens with zero attached hydrogens (tertiary/aromatic N) is 2. The van der Waals surface area contributed by atoms with Gasteiger partial charge in [-0.05, 0) is 18.2 Å². The van der Waals surface area contributed by atoms with Gasteiger partial charge in [0.15, 0.2) is 0 Å². The molecule has 112 valence electrons. The molecule has 3 N–H and O–H groups in total. The molecule has 0 unspecified atom stereocenters. The van der Waals surface area contributed by atoms with Crippen molar-refractivity contribution in [2.45, 2.75) is 0 Å². The summed E-state index contributed by atoms with van der Waals surface area (Å²) in [6, 6.07) is 13.4. The molecule has 2 rings (SSSR count). The van der Waals surface area contributed by atoms with Crippen molar-refractivity contribution < 1.29 is 15.1 Å². The molecule has 7 heteroatoms. The number of carbonyl (C=O) groups excluding carboxylic acids is 1. The van der Waals surface area contributed by atoms with Crippen LogP contribution in [0, 0.1) is 0 Å². The highest BCUT2D eigenvalue weighted by Gasteiger charge is 2.11. The second kappa shape index (κ2) is 7.37. The molecule has 0 radical (unpaired) electrons. The van der Waals surface area contributed by atoms with Crippen molar-refractivity contribution in [3.05, 3.63) is 64.1 Å². The van der Waals surface area contributed by atoms with E-state index in [1.807, 2.05) is 6.07 Å². The maximum atomic E-state index is 12.1. The molecule has 0 atom stereocenters. The van der Waals surface area contributed by atoms with Crippen LogP contribution in [0.25, 0.3) is 0 Å². The molecule has 2 aromatic rings. The summed E-state index contributed by atoms with van der Waals surface area (Å²) in [5, 5.41) is 25.2. The number of oxime groups is 1. The maximum absolute atomic E-state index is 12.1. The normalized spacial score (nSPS) is 11.6. The molecular formula is C15H12BrN3O3. The van der Waals surface area contributed by atoms with Gasteiger partial charge in [0.1, 0.15) is 11.5 Å². The predicted octanol–water partition coefficient (Wildman–Crippen LogP) is 2.75. The first-order chi connectivity index (χ1) is 10.6. The summed E-state index contributed by atoms with van der Waals surface area (Å²) in [7, 11) is 0. The number of halogens is 1. The van der Waals surface area contributed by atoms with Gasteiger partial charge >= 0.3 is 0 Å². The monoisotopic (exact) mass is 361 g/mol. The summed E-state index contributed by atoms with van der Waals surface area (Å²) in [5.74, 6) is -0.744. The lowest BCUT2D eigenvalue weighted by molar-refractivity contribution is 0.0952. The Hall–Kier alpha value is -2.67. The third kappa shape index (κ3) is 3.92. The first kappa shape index (κ1) is 15.7. The fourth-order valence-electron chi connectivity index (χ4n) is 1.69. The van der Waals surface area contributed by atoms with E-state index >= 15 is 0 Å². The van der Waals surface area contributed by atoms with Gasteiger partial charge in [-0.1, -0.05) is 51.4 Å². The SMILES string of the molecule is O=C(NN=C(C=NO)c1ccccc1)c1cc(Br)ccc1O. The van der Waals surface area contributed by atoms with Crippen LogP contribution in [0.3, 0.4) is 0 Å². The zero-order chi connectivity index (χ0) is 15.9. The molecule has 0 aliphatic heterocycles. The minimum absolute atomic E-state index is 0.0754. The molecule has 6 nitrogen and oxygen atoms in total. The number of hydrogen-bond donors (Lipinski definition) is 3. The van der Waals surface area contributed by atoms with Gasteiger partial charge in [-0.25, -0.2) is 5.43 Å². The molecule has 0 heterocycles. The Morgan fingerprint density at radius 2 is 1.91 bits per heavy atom. The van der Waals surface area contributed by atoms with Crippen LogP contribution in [0.5, 0.6) is 5.75 Å². The zero-order valence-electron chi connectivity index (χ0n) is 11.3. The van der Waals surface area contributed by atoms with Crippen LogP contribution in [-0.4, -0.2) is 28.1 Å². The molecule has 0 bridgehead atoms. The van der Waals surface area contributed by atoms with Crippen LogP contribution in [0.2, 0.25) is 0 Å². The second-order valence-corrected chi connectivity index (χ2v) is 5.13. The average molecular weight is 362 g/mol. The van der Waals surface area contributed by atoms with Crippen molar-refractivity contribution in [2.75, 3.05) is 0 Å². The van der Waals surface area contributed by atoms with Gasteiger partial charge < -0.3 is 10.3 Å². The summed E-state index contributed by atoms with van der Waals surface area (Å²) in [6.07, 6.45) is 1.11. The summed E-state index contributed by atoms with van der Waals surface area (Å²) < 4.78 is 0.652. The van der Waals surface area contributed by atoms with Gasteiger partial charge in [0.25, 0.3) is 5.91 Å². The quantitative estimate of drug-likeness (QED) is 0.444. The number of benzene rings is 2. The third-order valence-electron chi connectivity index (χ3n) is 2.73. The highest BCUT2D eigenvalue weighted by atomic mass is 79.9. The van der Waals surface area contributed by atoms with Crippen LogP contribution in [0.15, 0.2) is 63.3 Å². The molecule has 0 aliphatic carbocycles. The first-order valence-electron chi connectivity index (χ1n) is 6.21. The lowest BCUT2D eigenvalue weighted by atomic mass is 10.1. The maximum Gasteiger partial charge on any atom is 0.275 e. The first-order valence-corrected chi connectivity index (χ1v) is 7.00. The number of amides is 1. The number of aromatic hydroxyl groups is 1. The Kier molecular flexibility index (Phi) is 5.26. The van der Waals surface area contributed by atoms with Crippen molar-refractivity contribution in [1.82, 2.24) is 5.43 Å². The molecule has 0 saturated carbocycles. The molecule has 0 aliphatic rings. The van der Waals surface area contributed by atoms with Gasteiger partial charge in [0.05, 0.1) is 11.8 Å². The molecule has 0 fully saturated rings. The Labute approximate surface area is 134 Å². The second-order valence-electron chi connectivity index (χ2n) is 4.21. The van der Waals surface area contributed by atoms with Crippen molar-refractivity contribution >= 4 is 33.8 Å². The standard InChI is InChI=1S/C15H12BrN3O3/c16-11-6-7-14(20)12(8-11)15(21)19-18-13(9-17-22)10-4-2-1-3-5-10/h1-9,20,22H,(H,19,21). The van der Waals surface area contributed by atoms with Gasteiger partial charge in [0, 0.05) is 10.0 Å². The molecule has 0 saturated heterocycles.